The molecule has 0 aliphatic rings. The molecule has 0 saturated heterocycles. The van der Waals surface area contributed by atoms with Crippen LogP contribution < -0.4 is 0 Å². The molecule has 0 unspecified atom stereocenters. The average Bonchev–Trinajstić information content (AvgIpc) is 2.75. The zero-order valence-electron chi connectivity index (χ0n) is 12.8. The van der Waals surface area contributed by atoms with Gasteiger partial charge >= 0.3 is 5.97 Å². The topological polar surface area (TPSA) is 75.3 Å². The van der Waals surface area contributed by atoms with E-state index >= 15 is 0 Å². The van der Waals surface area contributed by atoms with Crippen LogP contribution in [-0.2, 0) is 13.0 Å². The summed E-state index contributed by atoms with van der Waals surface area (Å²) in [7, 11) is 0. The predicted octanol–water partition coefficient (Wildman–Crippen LogP) is 2.71. The van der Waals surface area contributed by atoms with Crippen LogP contribution in [-0.4, -0.2) is 32.3 Å². The summed E-state index contributed by atoms with van der Waals surface area (Å²) in [4.78, 5) is 15.8. The smallest absolute Gasteiger partial charge is 0.337 e. The van der Waals surface area contributed by atoms with Gasteiger partial charge in [-0.2, -0.15) is 0 Å². The molecular weight excluding hydrogens is 268 g/mol. The van der Waals surface area contributed by atoms with Crippen molar-refractivity contribution in [2.75, 3.05) is 6.61 Å². The van der Waals surface area contributed by atoms with Crippen molar-refractivity contribution in [3.05, 3.63) is 29.6 Å². The lowest BCUT2D eigenvalue weighted by Gasteiger charge is -2.25. The lowest BCUT2D eigenvalue weighted by atomic mass is 9.89. The van der Waals surface area contributed by atoms with Gasteiger partial charge in [0.25, 0.3) is 0 Å². The number of carboxylic acids is 1. The van der Waals surface area contributed by atoms with Gasteiger partial charge in [-0.25, -0.2) is 9.78 Å². The summed E-state index contributed by atoms with van der Waals surface area (Å²) < 4.78 is 2.08. The van der Waals surface area contributed by atoms with E-state index in [1.807, 2.05) is 13.0 Å². The third kappa shape index (κ3) is 3.08. The molecule has 0 aliphatic carbocycles. The fraction of sp³-hybridized carbons (Fsp3) is 0.500. The minimum absolute atomic E-state index is 0.0778. The molecule has 0 atom stereocenters. The van der Waals surface area contributed by atoms with Crippen molar-refractivity contribution in [2.24, 2.45) is 5.41 Å². The van der Waals surface area contributed by atoms with Crippen LogP contribution in [0.2, 0.25) is 0 Å². The summed E-state index contributed by atoms with van der Waals surface area (Å²) in [5, 5.41) is 18.5. The van der Waals surface area contributed by atoms with Crippen LogP contribution in [0, 0.1) is 5.41 Å². The van der Waals surface area contributed by atoms with Crippen molar-refractivity contribution in [1.82, 2.24) is 9.55 Å². The Labute approximate surface area is 124 Å². The van der Waals surface area contributed by atoms with Gasteiger partial charge in [-0.3, -0.25) is 0 Å². The van der Waals surface area contributed by atoms with Gasteiger partial charge in [-0.15, -0.1) is 0 Å². The number of hydrogen-bond donors (Lipinski definition) is 2. The quantitative estimate of drug-likeness (QED) is 0.857. The van der Waals surface area contributed by atoms with Crippen molar-refractivity contribution < 1.29 is 15.0 Å². The molecule has 0 saturated carbocycles. The lowest BCUT2D eigenvalue weighted by Crippen LogP contribution is -2.22. The minimum Gasteiger partial charge on any atom is -0.478 e. The number of aromatic carboxylic acids is 1. The highest BCUT2D eigenvalue weighted by molar-refractivity contribution is 6.01. The fourth-order valence-corrected chi connectivity index (χ4v) is 2.62. The first-order valence-corrected chi connectivity index (χ1v) is 7.22. The monoisotopic (exact) mass is 290 g/mol. The van der Waals surface area contributed by atoms with Gasteiger partial charge < -0.3 is 14.8 Å². The average molecular weight is 290 g/mol. The number of carbonyl (C=O) groups is 1. The highest BCUT2D eigenvalue weighted by atomic mass is 16.4. The number of aryl methyl sites for hydroxylation is 1. The largest absolute Gasteiger partial charge is 0.478 e. The summed E-state index contributed by atoms with van der Waals surface area (Å²) in [6.45, 7) is 7.04. The first-order valence-electron chi connectivity index (χ1n) is 7.22. The highest BCUT2D eigenvalue weighted by Crippen LogP contribution is 2.28. The first-order chi connectivity index (χ1) is 9.89. The maximum Gasteiger partial charge on any atom is 0.337 e. The third-order valence-electron chi connectivity index (χ3n) is 3.78. The van der Waals surface area contributed by atoms with Crippen molar-refractivity contribution in [2.45, 2.75) is 40.2 Å². The number of carboxylic acid groups (broad SMARTS) is 1. The number of aliphatic hydroxyl groups is 1. The molecular formula is C16H22N2O3. The highest BCUT2D eigenvalue weighted by Gasteiger charge is 2.22. The molecule has 114 valence electrons. The number of nitrogens with zero attached hydrogens (tertiary/aromatic N) is 2. The van der Waals surface area contributed by atoms with Gasteiger partial charge in [-0.05, 0) is 24.0 Å². The van der Waals surface area contributed by atoms with Gasteiger partial charge in [0.2, 0.25) is 0 Å². The molecule has 0 aliphatic heterocycles. The van der Waals surface area contributed by atoms with Crippen LogP contribution in [0.25, 0.3) is 11.0 Å². The molecule has 1 aromatic heterocycles. The molecule has 0 radical (unpaired) electrons. The number of aromatic nitrogens is 2. The molecule has 0 fully saturated rings. The summed E-state index contributed by atoms with van der Waals surface area (Å²) in [6, 6.07) is 5.24. The third-order valence-corrected chi connectivity index (χ3v) is 3.78. The maximum absolute atomic E-state index is 11.3. The van der Waals surface area contributed by atoms with Gasteiger partial charge in [0.15, 0.2) is 0 Å². The van der Waals surface area contributed by atoms with Gasteiger partial charge in [0.1, 0.15) is 11.3 Å². The van der Waals surface area contributed by atoms with Crippen molar-refractivity contribution in [3.8, 4) is 0 Å². The van der Waals surface area contributed by atoms with Crippen LogP contribution in [0.5, 0.6) is 0 Å². The number of benzene rings is 1. The van der Waals surface area contributed by atoms with Crippen LogP contribution in [0.4, 0.5) is 0 Å². The Morgan fingerprint density at radius 2 is 2.10 bits per heavy atom. The molecule has 1 aromatic carbocycles. The molecule has 21 heavy (non-hydrogen) atoms. The molecule has 2 N–H and O–H groups in total. The molecule has 5 nitrogen and oxygen atoms in total. The van der Waals surface area contributed by atoms with Crippen molar-refractivity contribution >= 4 is 17.0 Å². The van der Waals surface area contributed by atoms with Crippen molar-refractivity contribution in [3.63, 3.8) is 0 Å². The van der Waals surface area contributed by atoms with E-state index in [9.17, 15) is 15.0 Å². The van der Waals surface area contributed by atoms with Gasteiger partial charge in [0, 0.05) is 19.6 Å². The van der Waals surface area contributed by atoms with Gasteiger partial charge in [-0.1, -0.05) is 26.8 Å². The molecule has 0 spiro atoms. The van der Waals surface area contributed by atoms with Crippen LogP contribution in [0.15, 0.2) is 18.2 Å². The van der Waals surface area contributed by atoms with Crippen LogP contribution in [0.3, 0.4) is 0 Å². The molecule has 0 amide bonds. The van der Waals surface area contributed by atoms with Crippen molar-refractivity contribution in [1.29, 1.82) is 0 Å². The number of hydrogen-bond acceptors (Lipinski definition) is 3. The summed E-state index contributed by atoms with van der Waals surface area (Å²) in [5.41, 5.74) is 1.55. The normalized spacial score (nSPS) is 12.0. The Hall–Kier alpha value is -1.88. The molecule has 2 rings (SSSR count). The summed E-state index contributed by atoms with van der Waals surface area (Å²) in [6.07, 6.45) is 1.43. The second-order valence-corrected chi connectivity index (χ2v) is 6.08. The number of imidazole rings is 1. The van der Waals surface area contributed by atoms with Crippen LogP contribution >= 0.6 is 0 Å². The number of fused-ring (bicyclic) bond motifs is 1. The summed E-state index contributed by atoms with van der Waals surface area (Å²) in [5.74, 6) is -0.0766. The Morgan fingerprint density at radius 3 is 2.67 bits per heavy atom. The standard InChI is InChI=1S/C16H22N2O3/c1-4-13-17-14-11(15(20)21)6-5-7-12(14)18(13)10-16(2,3)8-9-19/h5-7,19H,4,8-10H2,1-3H3,(H,20,21). The maximum atomic E-state index is 11.3. The van der Waals surface area contributed by atoms with Gasteiger partial charge in [0.05, 0.1) is 11.1 Å². The number of rotatable bonds is 6. The van der Waals surface area contributed by atoms with E-state index in [0.717, 1.165) is 17.8 Å². The predicted molar refractivity (Wildman–Crippen MR) is 81.6 cm³/mol. The van der Waals surface area contributed by atoms with E-state index in [4.69, 9.17) is 0 Å². The lowest BCUT2D eigenvalue weighted by molar-refractivity contribution is 0.0699. The van der Waals surface area contributed by atoms with E-state index in [2.05, 4.69) is 23.4 Å². The molecule has 5 heteroatoms. The number of aliphatic hydroxyl groups excluding tert-OH is 1. The zero-order chi connectivity index (χ0) is 15.6. The zero-order valence-corrected chi connectivity index (χ0v) is 12.8. The van der Waals surface area contributed by atoms with E-state index in [0.29, 0.717) is 18.5 Å². The Kier molecular flexibility index (Phi) is 4.32. The molecule has 0 bridgehead atoms. The van der Waals surface area contributed by atoms with Crippen LogP contribution in [0.1, 0.15) is 43.4 Å². The minimum atomic E-state index is -0.956. The fourth-order valence-electron chi connectivity index (χ4n) is 2.62. The Balaban J connectivity index is 2.57. The second kappa shape index (κ2) is 5.85. The van der Waals surface area contributed by atoms with E-state index < -0.39 is 5.97 Å². The molecule has 1 heterocycles. The molecule has 2 aromatic rings. The number of para-hydroxylation sites is 1. The van der Waals surface area contributed by atoms with E-state index in [-0.39, 0.29) is 17.6 Å². The first kappa shape index (κ1) is 15.5. The van der Waals surface area contributed by atoms with E-state index in [1.54, 1.807) is 12.1 Å². The summed E-state index contributed by atoms with van der Waals surface area (Å²) >= 11 is 0. The second-order valence-electron chi connectivity index (χ2n) is 6.08. The Morgan fingerprint density at radius 1 is 1.38 bits per heavy atom. The van der Waals surface area contributed by atoms with E-state index in [1.165, 1.54) is 0 Å². The Bertz CT molecular complexity index is 659. The SMILES string of the molecule is CCc1nc2c(C(=O)O)cccc2n1CC(C)(C)CCO.